The van der Waals surface area contributed by atoms with Crippen LogP contribution in [0.4, 0.5) is 0 Å². The standard InChI is InChI=1S/C19H20N2O3/c1-24-13-16(17(20)18(22)15-10-6-3-7-11-15)19(23)21-12-14-8-4-2-5-9-14/h2-11,16,20H,12-13H2,1H3,(H,21,23)/t16-/m0/s1. The lowest BCUT2D eigenvalue weighted by molar-refractivity contribution is -0.124. The highest BCUT2D eigenvalue weighted by molar-refractivity contribution is 6.48. The van der Waals surface area contributed by atoms with E-state index in [0.29, 0.717) is 12.1 Å². The summed E-state index contributed by atoms with van der Waals surface area (Å²) in [6.07, 6.45) is 0. The fourth-order valence-electron chi connectivity index (χ4n) is 2.27. The quantitative estimate of drug-likeness (QED) is 0.578. The van der Waals surface area contributed by atoms with Crippen LogP contribution in [0.3, 0.4) is 0 Å². The fourth-order valence-corrected chi connectivity index (χ4v) is 2.27. The molecule has 0 spiro atoms. The number of carbonyl (C=O) groups excluding carboxylic acids is 2. The summed E-state index contributed by atoms with van der Waals surface area (Å²) in [5.74, 6) is -1.80. The molecule has 0 aliphatic heterocycles. The van der Waals surface area contributed by atoms with Crippen molar-refractivity contribution in [1.82, 2.24) is 5.32 Å². The van der Waals surface area contributed by atoms with E-state index in [9.17, 15) is 9.59 Å². The monoisotopic (exact) mass is 324 g/mol. The predicted octanol–water partition coefficient (Wildman–Crippen LogP) is 2.47. The van der Waals surface area contributed by atoms with Crippen LogP contribution in [0.5, 0.6) is 0 Å². The van der Waals surface area contributed by atoms with Gasteiger partial charge in [-0.1, -0.05) is 60.7 Å². The summed E-state index contributed by atoms with van der Waals surface area (Å²) in [5.41, 5.74) is 1.07. The molecule has 0 fully saturated rings. The van der Waals surface area contributed by atoms with Crippen molar-refractivity contribution >= 4 is 17.4 Å². The minimum atomic E-state index is -0.939. The Morgan fingerprint density at radius 1 is 1.04 bits per heavy atom. The molecule has 2 N–H and O–H groups in total. The molecule has 0 unspecified atom stereocenters. The van der Waals surface area contributed by atoms with Crippen molar-refractivity contribution in [2.45, 2.75) is 6.54 Å². The smallest absolute Gasteiger partial charge is 0.231 e. The number of ketones is 1. The second-order valence-electron chi connectivity index (χ2n) is 5.32. The van der Waals surface area contributed by atoms with Crippen molar-refractivity contribution in [3.8, 4) is 0 Å². The maximum atomic E-state index is 12.4. The number of Topliss-reactive ketones (excluding diaryl/α,β-unsaturated/α-hetero) is 1. The lowest BCUT2D eigenvalue weighted by atomic mass is 9.95. The Hall–Kier alpha value is -2.79. The van der Waals surface area contributed by atoms with Crippen LogP contribution in [-0.2, 0) is 16.1 Å². The Labute approximate surface area is 141 Å². The highest BCUT2D eigenvalue weighted by Crippen LogP contribution is 2.09. The molecule has 0 heterocycles. The highest BCUT2D eigenvalue weighted by Gasteiger charge is 2.28. The van der Waals surface area contributed by atoms with Crippen LogP contribution in [0.15, 0.2) is 60.7 Å². The zero-order valence-corrected chi connectivity index (χ0v) is 13.5. The lowest BCUT2D eigenvalue weighted by Gasteiger charge is -2.16. The van der Waals surface area contributed by atoms with Gasteiger partial charge >= 0.3 is 0 Å². The number of ether oxygens (including phenoxy) is 1. The van der Waals surface area contributed by atoms with Crippen molar-refractivity contribution in [1.29, 1.82) is 5.41 Å². The van der Waals surface area contributed by atoms with E-state index in [1.807, 2.05) is 30.3 Å². The van der Waals surface area contributed by atoms with Crippen molar-refractivity contribution in [2.75, 3.05) is 13.7 Å². The normalized spacial score (nSPS) is 11.5. The van der Waals surface area contributed by atoms with Crippen molar-refractivity contribution in [3.63, 3.8) is 0 Å². The topological polar surface area (TPSA) is 79.2 Å². The van der Waals surface area contributed by atoms with Gasteiger partial charge in [0.2, 0.25) is 11.7 Å². The first-order valence-corrected chi connectivity index (χ1v) is 7.62. The van der Waals surface area contributed by atoms with Gasteiger partial charge in [0.1, 0.15) is 5.92 Å². The van der Waals surface area contributed by atoms with Gasteiger partial charge in [0.25, 0.3) is 0 Å². The zero-order chi connectivity index (χ0) is 17.4. The Morgan fingerprint density at radius 2 is 1.62 bits per heavy atom. The largest absolute Gasteiger partial charge is 0.383 e. The molecule has 0 bridgehead atoms. The van der Waals surface area contributed by atoms with Crippen LogP contribution in [-0.4, -0.2) is 31.1 Å². The summed E-state index contributed by atoms with van der Waals surface area (Å²) in [7, 11) is 1.44. The maximum absolute atomic E-state index is 12.4. The summed E-state index contributed by atoms with van der Waals surface area (Å²) < 4.78 is 5.03. The number of hydrogen-bond donors (Lipinski definition) is 2. The summed E-state index contributed by atoms with van der Waals surface area (Å²) in [6, 6.07) is 17.9. The number of amides is 1. The number of rotatable bonds is 8. The van der Waals surface area contributed by atoms with Crippen LogP contribution < -0.4 is 5.32 Å². The second kappa shape index (κ2) is 8.74. The van der Waals surface area contributed by atoms with Gasteiger partial charge in [0.15, 0.2) is 0 Å². The summed E-state index contributed by atoms with van der Waals surface area (Å²) >= 11 is 0. The number of nitrogens with one attached hydrogen (secondary N) is 2. The molecule has 1 atom stereocenters. The number of methoxy groups -OCH3 is 1. The minimum Gasteiger partial charge on any atom is -0.383 e. The summed E-state index contributed by atoms with van der Waals surface area (Å²) in [5, 5.41) is 10.9. The van der Waals surface area contributed by atoms with Crippen molar-refractivity contribution < 1.29 is 14.3 Å². The molecule has 2 rings (SSSR count). The molecule has 0 aliphatic rings. The molecular weight excluding hydrogens is 304 g/mol. The number of carbonyl (C=O) groups is 2. The predicted molar refractivity (Wildman–Crippen MR) is 92.2 cm³/mol. The van der Waals surface area contributed by atoms with Crippen LogP contribution in [0.2, 0.25) is 0 Å². The fraction of sp³-hybridized carbons (Fsp3) is 0.211. The van der Waals surface area contributed by atoms with E-state index in [1.165, 1.54) is 7.11 Å². The molecule has 2 aromatic rings. The SMILES string of the molecule is COC[C@@H](C(=N)C(=O)c1ccccc1)C(=O)NCc1ccccc1. The van der Waals surface area contributed by atoms with E-state index in [-0.39, 0.29) is 12.3 Å². The van der Waals surface area contributed by atoms with Crippen molar-refractivity contribution in [3.05, 3.63) is 71.8 Å². The molecule has 24 heavy (non-hydrogen) atoms. The average molecular weight is 324 g/mol. The molecule has 5 nitrogen and oxygen atoms in total. The van der Waals surface area contributed by atoms with Gasteiger partial charge in [-0.3, -0.25) is 9.59 Å². The molecule has 2 aromatic carbocycles. The van der Waals surface area contributed by atoms with Crippen LogP contribution >= 0.6 is 0 Å². The molecule has 124 valence electrons. The number of hydrogen-bond acceptors (Lipinski definition) is 4. The molecule has 0 saturated heterocycles. The van der Waals surface area contributed by atoms with E-state index in [0.717, 1.165) is 5.56 Å². The molecular formula is C19H20N2O3. The Balaban J connectivity index is 2.05. The van der Waals surface area contributed by atoms with E-state index in [1.54, 1.807) is 30.3 Å². The first-order valence-electron chi connectivity index (χ1n) is 7.62. The van der Waals surface area contributed by atoms with Gasteiger partial charge in [0.05, 0.1) is 12.3 Å². The molecule has 1 amide bonds. The molecule has 0 saturated carbocycles. The van der Waals surface area contributed by atoms with E-state index >= 15 is 0 Å². The number of benzene rings is 2. The third-order valence-electron chi connectivity index (χ3n) is 3.59. The van der Waals surface area contributed by atoms with Crippen LogP contribution in [0, 0.1) is 11.3 Å². The molecule has 5 heteroatoms. The first-order chi connectivity index (χ1) is 11.6. The van der Waals surface area contributed by atoms with Crippen molar-refractivity contribution in [2.24, 2.45) is 5.92 Å². The Kier molecular flexibility index (Phi) is 6.40. The minimum absolute atomic E-state index is 0.0158. The Bertz CT molecular complexity index is 699. The van der Waals surface area contributed by atoms with Gasteiger partial charge in [-0.2, -0.15) is 0 Å². The molecule has 0 radical (unpaired) electrons. The van der Waals surface area contributed by atoms with Crippen LogP contribution in [0.1, 0.15) is 15.9 Å². The second-order valence-corrected chi connectivity index (χ2v) is 5.32. The molecule has 0 aromatic heterocycles. The third-order valence-corrected chi connectivity index (χ3v) is 3.59. The van der Waals surface area contributed by atoms with Gasteiger partial charge in [0, 0.05) is 19.2 Å². The Morgan fingerprint density at radius 3 is 2.21 bits per heavy atom. The van der Waals surface area contributed by atoms with Gasteiger partial charge < -0.3 is 15.5 Å². The van der Waals surface area contributed by atoms with E-state index < -0.39 is 17.6 Å². The average Bonchev–Trinajstić information content (AvgIpc) is 2.64. The van der Waals surface area contributed by atoms with E-state index in [2.05, 4.69) is 5.32 Å². The summed E-state index contributed by atoms with van der Waals surface area (Å²) in [6.45, 7) is 0.324. The molecule has 0 aliphatic carbocycles. The maximum Gasteiger partial charge on any atom is 0.231 e. The van der Waals surface area contributed by atoms with Gasteiger partial charge in [-0.25, -0.2) is 0 Å². The van der Waals surface area contributed by atoms with Crippen LogP contribution in [0.25, 0.3) is 0 Å². The highest BCUT2D eigenvalue weighted by atomic mass is 16.5. The zero-order valence-electron chi connectivity index (χ0n) is 13.5. The van der Waals surface area contributed by atoms with E-state index in [4.69, 9.17) is 10.1 Å². The van der Waals surface area contributed by atoms with Gasteiger partial charge in [-0.15, -0.1) is 0 Å². The van der Waals surface area contributed by atoms with Gasteiger partial charge in [-0.05, 0) is 5.56 Å². The lowest BCUT2D eigenvalue weighted by Crippen LogP contribution is -2.40. The first kappa shape index (κ1) is 17.6. The summed E-state index contributed by atoms with van der Waals surface area (Å²) in [4.78, 5) is 24.8. The third kappa shape index (κ3) is 4.60.